The second-order valence-corrected chi connectivity index (χ2v) is 7.87. The minimum atomic E-state index is -0.181. The van der Waals surface area contributed by atoms with Crippen molar-refractivity contribution in [3.8, 4) is 0 Å². The van der Waals surface area contributed by atoms with E-state index in [1.807, 2.05) is 36.4 Å². The van der Waals surface area contributed by atoms with E-state index in [4.69, 9.17) is 0 Å². The summed E-state index contributed by atoms with van der Waals surface area (Å²) < 4.78 is 2.24. The first-order valence-corrected chi connectivity index (χ1v) is 10.4. The highest BCUT2D eigenvalue weighted by Gasteiger charge is 2.25. The maximum atomic E-state index is 13.0. The van der Waals surface area contributed by atoms with E-state index in [9.17, 15) is 4.79 Å². The zero-order chi connectivity index (χ0) is 19.6. The average Bonchev–Trinajstić information content (AvgIpc) is 3.41. The molecule has 4 aromatic rings. The van der Waals surface area contributed by atoms with Gasteiger partial charge in [0.25, 0.3) is 5.56 Å². The maximum absolute atomic E-state index is 13.0. The van der Waals surface area contributed by atoms with Gasteiger partial charge in [0.05, 0.1) is 5.69 Å². The van der Waals surface area contributed by atoms with Gasteiger partial charge in [-0.15, -0.1) is 0 Å². The molecule has 0 saturated heterocycles. The van der Waals surface area contributed by atoms with Crippen molar-refractivity contribution in [3.63, 3.8) is 0 Å². The summed E-state index contributed by atoms with van der Waals surface area (Å²) >= 11 is 0. The largest absolute Gasteiger partial charge is 0.309 e. The summed E-state index contributed by atoms with van der Waals surface area (Å²) in [5.41, 5.74) is 3.74. The number of aromatic nitrogens is 4. The predicted octanol–water partition coefficient (Wildman–Crippen LogP) is 4.42. The fraction of sp³-hybridized carbons (Fsp3) is 0.292. The van der Waals surface area contributed by atoms with E-state index in [0.29, 0.717) is 24.3 Å². The van der Waals surface area contributed by atoms with Gasteiger partial charge in [0.15, 0.2) is 5.65 Å². The van der Waals surface area contributed by atoms with Crippen LogP contribution in [0.2, 0.25) is 0 Å². The number of nitrogens with zero attached hydrogens (tertiary/aromatic N) is 3. The molecule has 0 spiro atoms. The number of aromatic amines is 1. The number of nitrogens with one attached hydrogen (secondary N) is 1. The standard InChI is InChI=1S/C24H24N4O/c29-24-22-20(15-17-9-3-1-4-10-17)26-27-23(22)28(19-13-7-8-14-19)21(25-24)16-18-11-5-2-6-12-18/h1-6,9-12,19H,7-8,13-16H2,(H,26,27). The number of hydrogen-bond acceptors (Lipinski definition) is 3. The summed E-state index contributed by atoms with van der Waals surface area (Å²) in [5.74, 6) is 0.818. The monoisotopic (exact) mass is 384 g/mol. The van der Waals surface area contributed by atoms with E-state index >= 15 is 0 Å². The maximum Gasteiger partial charge on any atom is 0.284 e. The second kappa shape index (κ2) is 7.66. The number of rotatable bonds is 5. The van der Waals surface area contributed by atoms with Crippen molar-refractivity contribution in [1.82, 2.24) is 19.7 Å². The Balaban J connectivity index is 1.64. The van der Waals surface area contributed by atoms with Crippen molar-refractivity contribution >= 4 is 11.0 Å². The van der Waals surface area contributed by atoms with E-state index in [-0.39, 0.29) is 5.56 Å². The zero-order valence-electron chi connectivity index (χ0n) is 16.3. The number of hydrogen-bond donors (Lipinski definition) is 1. The Kier molecular flexibility index (Phi) is 4.72. The van der Waals surface area contributed by atoms with Crippen LogP contribution in [-0.2, 0) is 12.8 Å². The van der Waals surface area contributed by atoms with E-state index in [2.05, 4.69) is 44.0 Å². The normalized spacial score (nSPS) is 14.6. The fourth-order valence-corrected chi connectivity index (χ4v) is 4.49. The molecule has 5 rings (SSSR count). The lowest BCUT2D eigenvalue weighted by molar-refractivity contribution is 0.502. The molecule has 0 unspecified atom stereocenters. The summed E-state index contributed by atoms with van der Waals surface area (Å²) in [4.78, 5) is 17.6. The van der Waals surface area contributed by atoms with Crippen LogP contribution in [0.4, 0.5) is 0 Å². The minimum absolute atomic E-state index is 0.181. The van der Waals surface area contributed by atoms with E-state index in [1.165, 1.54) is 12.8 Å². The molecule has 5 heteroatoms. The van der Waals surface area contributed by atoms with Gasteiger partial charge in [-0.3, -0.25) is 9.89 Å². The van der Waals surface area contributed by atoms with Gasteiger partial charge in [0.1, 0.15) is 11.2 Å². The molecule has 146 valence electrons. The van der Waals surface area contributed by atoms with Crippen LogP contribution in [0.5, 0.6) is 0 Å². The Hall–Kier alpha value is -3.21. The van der Waals surface area contributed by atoms with Crippen LogP contribution in [0.3, 0.4) is 0 Å². The Morgan fingerprint density at radius 2 is 1.52 bits per heavy atom. The van der Waals surface area contributed by atoms with Crippen LogP contribution >= 0.6 is 0 Å². The van der Waals surface area contributed by atoms with Gasteiger partial charge in [-0.2, -0.15) is 10.1 Å². The smallest absolute Gasteiger partial charge is 0.284 e. The molecule has 0 atom stereocenters. The summed E-state index contributed by atoms with van der Waals surface area (Å²) in [6, 6.07) is 20.8. The molecule has 0 aliphatic heterocycles. The summed E-state index contributed by atoms with van der Waals surface area (Å²) in [5, 5.41) is 8.40. The van der Waals surface area contributed by atoms with Crippen LogP contribution in [0.15, 0.2) is 65.5 Å². The molecule has 5 nitrogen and oxygen atoms in total. The van der Waals surface area contributed by atoms with Gasteiger partial charge >= 0.3 is 0 Å². The lowest BCUT2D eigenvalue weighted by atomic mass is 10.1. The Bertz CT molecular complexity index is 1170. The van der Waals surface area contributed by atoms with Crippen LogP contribution in [0, 0.1) is 0 Å². The summed E-state index contributed by atoms with van der Waals surface area (Å²) in [7, 11) is 0. The van der Waals surface area contributed by atoms with Gasteiger partial charge in [0, 0.05) is 18.9 Å². The molecule has 1 fully saturated rings. The van der Waals surface area contributed by atoms with Gasteiger partial charge in [-0.1, -0.05) is 73.5 Å². The van der Waals surface area contributed by atoms with E-state index in [1.54, 1.807) is 0 Å². The topological polar surface area (TPSA) is 63.6 Å². The lowest BCUT2D eigenvalue weighted by Crippen LogP contribution is -2.22. The number of benzene rings is 2. The third kappa shape index (κ3) is 3.48. The van der Waals surface area contributed by atoms with E-state index < -0.39 is 0 Å². The first kappa shape index (κ1) is 17.9. The molecule has 2 heterocycles. The second-order valence-electron chi connectivity index (χ2n) is 7.87. The first-order chi connectivity index (χ1) is 14.3. The highest BCUT2D eigenvalue weighted by molar-refractivity contribution is 5.78. The van der Waals surface area contributed by atoms with Crippen LogP contribution in [0.1, 0.15) is 54.4 Å². The van der Waals surface area contributed by atoms with Gasteiger partial charge in [-0.25, -0.2) is 0 Å². The van der Waals surface area contributed by atoms with Gasteiger partial charge in [-0.05, 0) is 24.0 Å². The van der Waals surface area contributed by atoms with Crippen LogP contribution < -0.4 is 5.56 Å². The summed E-state index contributed by atoms with van der Waals surface area (Å²) in [6.07, 6.45) is 5.94. The van der Waals surface area contributed by atoms with Gasteiger partial charge in [0.2, 0.25) is 0 Å². The van der Waals surface area contributed by atoms with Crippen molar-refractivity contribution in [3.05, 3.63) is 93.7 Å². The molecule has 29 heavy (non-hydrogen) atoms. The Morgan fingerprint density at radius 1 is 0.897 bits per heavy atom. The molecule has 0 amide bonds. The number of fused-ring (bicyclic) bond motifs is 1. The molecule has 1 saturated carbocycles. The molecule has 0 bridgehead atoms. The predicted molar refractivity (Wildman–Crippen MR) is 114 cm³/mol. The van der Waals surface area contributed by atoms with Crippen molar-refractivity contribution < 1.29 is 0 Å². The van der Waals surface area contributed by atoms with Crippen molar-refractivity contribution in [2.75, 3.05) is 0 Å². The molecule has 2 aromatic heterocycles. The molecular formula is C24H24N4O. The average molecular weight is 384 g/mol. The summed E-state index contributed by atoms with van der Waals surface area (Å²) in [6.45, 7) is 0. The third-order valence-corrected chi connectivity index (χ3v) is 5.89. The Labute approximate surface area is 169 Å². The van der Waals surface area contributed by atoms with E-state index in [0.717, 1.165) is 41.1 Å². The molecular weight excluding hydrogens is 360 g/mol. The van der Waals surface area contributed by atoms with Crippen LogP contribution in [-0.4, -0.2) is 19.7 Å². The minimum Gasteiger partial charge on any atom is -0.309 e. The first-order valence-electron chi connectivity index (χ1n) is 10.4. The SMILES string of the molecule is O=c1nc(Cc2ccccc2)n(C2CCCC2)c2n[nH]c(Cc3ccccc3)c12. The molecule has 1 aliphatic carbocycles. The third-order valence-electron chi connectivity index (χ3n) is 5.89. The number of H-pyrrole nitrogens is 1. The molecule has 0 radical (unpaired) electrons. The Morgan fingerprint density at radius 3 is 2.17 bits per heavy atom. The molecule has 2 aromatic carbocycles. The highest BCUT2D eigenvalue weighted by Crippen LogP contribution is 2.33. The van der Waals surface area contributed by atoms with Gasteiger partial charge < -0.3 is 4.57 Å². The van der Waals surface area contributed by atoms with Crippen molar-refractivity contribution in [2.24, 2.45) is 0 Å². The molecule has 1 aliphatic rings. The lowest BCUT2D eigenvalue weighted by Gasteiger charge is -2.19. The highest BCUT2D eigenvalue weighted by atomic mass is 16.1. The molecule has 1 N–H and O–H groups in total. The van der Waals surface area contributed by atoms with Crippen molar-refractivity contribution in [2.45, 2.75) is 44.6 Å². The zero-order valence-corrected chi connectivity index (χ0v) is 16.3. The van der Waals surface area contributed by atoms with Crippen LogP contribution in [0.25, 0.3) is 11.0 Å². The fourth-order valence-electron chi connectivity index (χ4n) is 4.49. The van der Waals surface area contributed by atoms with Crippen molar-refractivity contribution in [1.29, 1.82) is 0 Å². The quantitative estimate of drug-likeness (QED) is 0.554.